The maximum Gasteiger partial charge on any atom is 0.335 e. The quantitative estimate of drug-likeness (QED) is 0.282. The van der Waals surface area contributed by atoms with Gasteiger partial charge in [0.05, 0.1) is 0 Å². The van der Waals surface area contributed by atoms with Crippen molar-refractivity contribution in [2.75, 3.05) is 6.61 Å². The normalized spacial score (nSPS) is 14.1. The summed E-state index contributed by atoms with van der Waals surface area (Å²) < 4.78 is 4.83. The molecule has 2 N–H and O–H groups in total. The first-order valence-electron chi connectivity index (χ1n) is 6.14. The molecule has 0 radical (unpaired) electrons. The molecule has 4 heteroatoms. The lowest BCUT2D eigenvalue weighted by atomic mass is 10.0. The number of esters is 1. The average Bonchev–Trinajstić information content (AvgIpc) is 2.28. The minimum atomic E-state index is -1.06. The molecule has 2 unspecified atom stereocenters. The first-order valence-corrected chi connectivity index (χ1v) is 6.14. The van der Waals surface area contributed by atoms with Gasteiger partial charge in [0, 0.05) is 18.1 Å². The van der Waals surface area contributed by atoms with Crippen LogP contribution in [0.15, 0.2) is 12.2 Å². The van der Waals surface area contributed by atoms with E-state index in [-0.39, 0.29) is 12.5 Å². The van der Waals surface area contributed by atoms with E-state index < -0.39 is 12.3 Å². The zero-order valence-electron chi connectivity index (χ0n) is 10.8. The van der Waals surface area contributed by atoms with Crippen LogP contribution in [0.2, 0.25) is 0 Å². The molecule has 0 fully saturated rings. The summed E-state index contributed by atoms with van der Waals surface area (Å²) in [6.07, 6.45) is 3.54. The second kappa shape index (κ2) is 9.19. The zero-order chi connectivity index (χ0) is 13.3. The third-order valence-corrected chi connectivity index (χ3v) is 2.63. The van der Waals surface area contributed by atoms with E-state index in [4.69, 9.17) is 9.84 Å². The van der Waals surface area contributed by atoms with Crippen molar-refractivity contribution in [2.45, 2.75) is 52.2 Å². The summed E-state index contributed by atoms with van der Waals surface area (Å²) in [4.78, 5) is 11.2. The molecule has 0 saturated heterocycles. The second-order valence-corrected chi connectivity index (χ2v) is 4.48. The van der Waals surface area contributed by atoms with E-state index in [1.807, 2.05) is 6.92 Å². The molecule has 0 aromatic rings. The van der Waals surface area contributed by atoms with Crippen LogP contribution in [0.3, 0.4) is 0 Å². The molecule has 0 spiro atoms. The van der Waals surface area contributed by atoms with E-state index in [1.165, 1.54) is 0 Å². The van der Waals surface area contributed by atoms with Crippen molar-refractivity contribution in [3.8, 4) is 0 Å². The van der Waals surface area contributed by atoms with Crippen molar-refractivity contribution in [1.29, 1.82) is 0 Å². The molecular formula is C13H24O4. The second-order valence-electron chi connectivity index (χ2n) is 4.48. The first-order chi connectivity index (χ1) is 7.99. The number of ether oxygens (including phenoxy) is 1. The van der Waals surface area contributed by atoms with Crippen LogP contribution in [0.4, 0.5) is 0 Å². The number of aliphatic hydroxyl groups is 2. The Morgan fingerprint density at radius 1 is 1.29 bits per heavy atom. The summed E-state index contributed by atoms with van der Waals surface area (Å²) in [5.41, 5.74) is 0.291. The Bertz CT molecular complexity index is 238. The first kappa shape index (κ1) is 16.1. The number of rotatable bonds is 9. The van der Waals surface area contributed by atoms with Gasteiger partial charge in [-0.05, 0) is 19.8 Å². The van der Waals surface area contributed by atoms with E-state index in [0.717, 1.165) is 32.1 Å². The monoisotopic (exact) mass is 244 g/mol. The van der Waals surface area contributed by atoms with Gasteiger partial charge in [0.25, 0.3) is 0 Å². The van der Waals surface area contributed by atoms with Gasteiger partial charge >= 0.3 is 5.97 Å². The summed E-state index contributed by atoms with van der Waals surface area (Å²) in [6, 6.07) is 0. The van der Waals surface area contributed by atoms with Crippen LogP contribution in [0.25, 0.3) is 0 Å². The lowest BCUT2D eigenvalue weighted by Gasteiger charge is -2.18. The number of hydrogen-bond donors (Lipinski definition) is 2. The molecule has 2 atom stereocenters. The third-order valence-electron chi connectivity index (χ3n) is 2.63. The van der Waals surface area contributed by atoms with Gasteiger partial charge in [-0.25, -0.2) is 4.79 Å². The number of carbonyl (C=O) groups is 1. The highest BCUT2D eigenvalue weighted by Crippen LogP contribution is 2.15. The predicted octanol–water partition coefficient (Wildman–Crippen LogP) is 2.00. The fourth-order valence-corrected chi connectivity index (χ4v) is 1.40. The molecule has 0 aromatic carbocycles. The SMILES string of the molecule is C=C(C)C(=O)OC(O)C(C)CCCCCCO. The van der Waals surface area contributed by atoms with Crippen LogP contribution in [0.5, 0.6) is 0 Å². The largest absolute Gasteiger partial charge is 0.432 e. The van der Waals surface area contributed by atoms with Crippen molar-refractivity contribution in [2.24, 2.45) is 5.92 Å². The molecule has 100 valence electrons. The van der Waals surface area contributed by atoms with Crippen LogP contribution in [-0.2, 0) is 9.53 Å². The molecule has 0 amide bonds. The van der Waals surface area contributed by atoms with Gasteiger partial charge in [-0.15, -0.1) is 0 Å². The van der Waals surface area contributed by atoms with E-state index >= 15 is 0 Å². The summed E-state index contributed by atoms with van der Waals surface area (Å²) in [5, 5.41) is 18.2. The Morgan fingerprint density at radius 3 is 2.41 bits per heavy atom. The van der Waals surface area contributed by atoms with E-state index in [0.29, 0.717) is 5.57 Å². The average molecular weight is 244 g/mol. The summed E-state index contributed by atoms with van der Waals surface area (Å²) in [7, 11) is 0. The highest BCUT2D eigenvalue weighted by atomic mass is 16.6. The van der Waals surface area contributed by atoms with E-state index in [1.54, 1.807) is 6.92 Å². The Kier molecular flexibility index (Phi) is 8.72. The number of hydrogen-bond acceptors (Lipinski definition) is 4. The molecule has 0 aliphatic carbocycles. The number of aliphatic hydroxyl groups excluding tert-OH is 2. The molecule has 0 heterocycles. The van der Waals surface area contributed by atoms with E-state index in [9.17, 15) is 9.90 Å². The van der Waals surface area contributed by atoms with Crippen molar-refractivity contribution in [3.63, 3.8) is 0 Å². The molecular weight excluding hydrogens is 220 g/mol. The lowest BCUT2D eigenvalue weighted by molar-refractivity contribution is -0.171. The van der Waals surface area contributed by atoms with Gasteiger partial charge < -0.3 is 14.9 Å². The standard InChI is InChI=1S/C13H24O4/c1-10(2)12(15)17-13(16)11(3)8-6-4-5-7-9-14/h11,13-14,16H,1,4-9H2,2-3H3. The van der Waals surface area contributed by atoms with Crippen LogP contribution in [-0.4, -0.2) is 29.1 Å². The van der Waals surface area contributed by atoms with Gasteiger partial charge in [-0.1, -0.05) is 32.8 Å². The molecule has 17 heavy (non-hydrogen) atoms. The van der Waals surface area contributed by atoms with Crippen molar-refractivity contribution in [3.05, 3.63) is 12.2 Å². The number of unbranched alkanes of at least 4 members (excludes halogenated alkanes) is 3. The van der Waals surface area contributed by atoms with Crippen molar-refractivity contribution >= 4 is 5.97 Å². The lowest BCUT2D eigenvalue weighted by Crippen LogP contribution is -2.25. The summed E-state index contributed by atoms with van der Waals surface area (Å²) in [6.45, 7) is 7.08. The highest BCUT2D eigenvalue weighted by Gasteiger charge is 2.18. The van der Waals surface area contributed by atoms with Crippen LogP contribution < -0.4 is 0 Å². The van der Waals surface area contributed by atoms with Crippen molar-refractivity contribution in [1.82, 2.24) is 0 Å². The molecule has 0 bridgehead atoms. The fourth-order valence-electron chi connectivity index (χ4n) is 1.40. The molecule has 4 nitrogen and oxygen atoms in total. The van der Waals surface area contributed by atoms with Gasteiger partial charge in [0.2, 0.25) is 6.29 Å². The molecule has 0 rings (SSSR count). The Hall–Kier alpha value is -0.870. The Morgan fingerprint density at radius 2 is 1.88 bits per heavy atom. The minimum absolute atomic E-state index is 0.0765. The molecule has 0 saturated carbocycles. The maximum atomic E-state index is 11.2. The summed E-state index contributed by atoms with van der Waals surface area (Å²) in [5.74, 6) is -0.628. The van der Waals surface area contributed by atoms with E-state index in [2.05, 4.69) is 6.58 Å². The third kappa shape index (κ3) is 7.94. The van der Waals surface area contributed by atoms with Gasteiger partial charge in [0.15, 0.2) is 0 Å². The van der Waals surface area contributed by atoms with Crippen molar-refractivity contribution < 1.29 is 19.7 Å². The van der Waals surface area contributed by atoms with Crippen LogP contribution >= 0.6 is 0 Å². The predicted molar refractivity (Wildman–Crippen MR) is 66.2 cm³/mol. The number of carbonyl (C=O) groups excluding carboxylic acids is 1. The van der Waals surface area contributed by atoms with Crippen LogP contribution in [0, 0.1) is 5.92 Å². The Balaban J connectivity index is 3.70. The topological polar surface area (TPSA) is 66.8 Å². The Labute approximate surface area is 103 Å². The fraction of sp³-hybridized carbons (Fsp3) is 0.769. The maximum absolute atomic E-state index is 11.2. The summed E-state index contributed by atoms with van der Waals surface area (Å²) >= 11 is 0. The van der Waals surface area contributed by atoms with Gasteiger partial charge in [-0.2, -0.15) is 0 Å². The smallest absolute Gasteiger partial charge is 0.335 e. The zero-order valence-corrected chi connectivity index (χ0v) is 10.8. The molecule has 0 aliphatic rings. The highest BCUT2D eigenvalue weighted by molar-refractivity contribution is 5.86. The molecule has 0 aromatic heterocycles. The minimum Gasteiger partial charge on any atom is -0.432 e. The van der Waals surface area contributed by atoms with Gasteiger partial charge in [0.1, 0.15) is 0 Å². The molecule has 0 aliphatic heterocycles. The van der Waals surface area contributed by atoms with Crippen LogP contribution in [0.1, 0.15) is 46.0 Å². The van der Waals surface area contributed by atoms with Gasteiger partial charge in [-0.3, -0.25) is 0 Å².